The van der Waals surface area contributed by atoms with Crippen molar-refractivity contribution in [2.24, 2.45) is 0 Å². The Labute approximate surface area is 125 Å². The van der Waals surface area contributed by atoms with E-state index in [0.717, 1.165) is 13.1 Å². The summed E-state index contributed by atoms with van der Waals surface area (Å²) in [7, 11) is 0. The summed E-state index contributed by atoms with van der Waals surface area (Å²) in [5.74, 6) is 5.50. The average molecular weight is 289 g/mol. The minimum atomic E-state index is -0.256. The zero-order chi connectivity index (χ0) is 14.9. The molecule has 2 N–H and O–H groups in total. The predicted octanol–water partition coefficient (Wildman–Crippen LogP) is 1.51. The summed E-state index contributed by atoms with van der Waals surface area (Å²) in [5, 5.41) is 9.67. The minimum Gasteiger partial charge on any atom is -0.327 e. The number of carbonyl (C=O) groups excluding carboxylic acids is 1. The van der Waals surface area contributed by atoms with Gasteiger partial charge in [0.2, 0.25) is 0 Å². The van der Waals surface area contributed by atoms with E-state index in [1.54, 1.807) is 13.1 Å². The second-order valence-corrected chi connectivity index (χ2v) is 5.13. The summed E-state index contributed by atoms with van der Waals surface area (Å²) < 4.78 is 1.87. The number of hydrogen-bond acceptors (Lipinski definition) is 3. The highest BCUT2D eigenvalue weighted by atomic mass is 16.2. The highest BCUT2D eigenvalue weighted by Crippen LogP contribution is 2.09. The molecule has 0 aromatic carbocycles. The quantitative estimate of drug-likeness (QED) is 0.808. The molecule has 0 atom stereocenters. The van der Waals surface area contributed by atoms with Gasteiger partial charge in [-0.2, -0.15) is 5.10 Å². The van der Waals surface area contributed by atoms with Crippen molar-refractivity contribution in [1.29, 1.82) is 0 Å². The van der Waals surface area contributed by atoms with Gasteiger partial charge in [0, 0.05) is 12.7 Å². The fourth-order valence-electron chi connectivity index (χ4n) is 2.37. The van der Waals surface area contributed by atoms with Crippen LogP contribution in [0.3, 0.4) is 0 Å². The van der Waals surface area contributed by atoms with Crippen LogP contribution in [0, 0.1) is 11.8 Å². The number of nitrogens with one attached hydrogen (secondary N) is 2. The number of rotatable bonds is 5. The summed E-state index contributed by atoms with van der Waals surface area (Å²) in [6.07, 6.45) is 7.47. The first-order chi connectivity index (χ1) is 10.3. The molecule has 0 bridgehead atoms. The average Bonchev–Trinajstić information content (AvgIpc) is 2.94. The third-order valence-corrected chi connectivity index (χ3v) is 3.50. The lowest BCUT2D eigenvalue weighted by Gasteiger charge is -2.26. The zero-order valence-electron chi connectivity index (χ0n) is 12.6. The number of carbonyl (C=O) groups is 1. The van der Waals surface area contributed by atoms with Crippen molar-refractivity contribution in [2.45, 2.75) is 32.7 Å². The van der Waals surface area contributed by atoms with Gasteiger partial charge in [-0.05, 0) is 32.9 Å². The van der Waals surface area contributed by atoms with Gasteiger partial charge in [0.05, 0.1) is 25.0 Å². The number of nitrogens with zero attached hydrogens (tertiary/aromatic N) is 3. The second-order valence-electron chi connectivity index (χ2n) is 5.13. The van der Waals surface area contributed by atoms with E-state index in [1.165, 1.54) is 32.4 Å². The monoisotopic (exact) mass is 289 g/mol. The molecule has 0 radical (unpaired) electrons. The molecule has 114 valence electrons. The van der Waals surface area contributed by atoms with Gasteiger partial charge in [0.15, 0.2) is 0 Å². The van der Waals surface area contributed by atoms with Gasteiger partial charge >= 0.3 is 6.03 Å². The molecule has 1 aromatic heterocycles. The Morgan fingerprint density at radius 2 is 2.14 bits per heavy atom. The Morgan fingerprint density at radius 3 is 2.90 bits per heavy atom. The van der Waals surface area contributed by atoms with E-state index in [4.69, 9.17) is 0 Å². The van der Waals surface area contributed by atoms with Crippen LogP contribution in [-0.2, 0) is 6.54 Å². The number of likely N-dealkylation sites (tertiary alicyclic amines) is 1. The van der Waals surface area contributed by atoms with Crippen LogP contribution >= 0.6 is 0 Å². The maximum absolute atomic E-state index is 11.6. The van der Waals surface area contributed by atoms with Crippen LogP contribution in [0.2, 0.25) is 0 Å². The molecule has 1 saturated heterocycles. The van der Waals surface area contributed by atoms with Crippen molar-refractivity contribution < 1.29 is 4.79 Å². The van der Waals surface area contributed by atoms with Gasteiger partial charge in [-0.15, -0.1) is 5.92 Å². The molecule has 2 heterocycles. The highest BCUT2D eigenvalue weighted by Gasteiger charge is 2.10. The molecule has 6 heteroatoms. The largest absolute Gasteiger partial charge is 0.327 e. The third kappa shape index (κ3) is 5.48. The first kappa shape index (κ1) is 15.4. The van der Waals surface area contributed by atoms with E-state index in [0.29, 0.717) is 12.2 Å². The van der Waals surface area contributed by atoms with Crippen LogP contribution in [0.5, 0.6) is 0 Å². The van der Waals surface area contributed by atoms with Crippen LogP contribution < -0.4 is 10.6 Å². The highest BCUT2D eigenvalue weighted by molar-refractivity contribution is 5.89. The fraction of sp³-hybridized carbons (Fsp3) is 0.600. The van der Waals surface area contributed by atoms with Gasteiger partial charge in [-0.1, -0.05) is 12.3 Å². The van der Waals surface area contributed by atoms with Crippen LogP contribution in [0.4, 0.5) is 10.5 Å². The van der Waals surface area contributed by atoms with Crippen LogP contribution in [0.1, 0.15) is 26.2 Å². The van der Waals surface area contributed by atoms with Gasteiger partial charge in [0.1, 0.15) is 0 Å². The van der Waals surface area contributed by atoms with Gasteiger partial charge in [-0.3, -0.25) is 4.68 Å². The lowest BCUT2D eigenvalue weighted by Crippen LogP contribution is -2.32. The van der Waals surface area contributed by atoms with Crippen LogP contribution in [-0.4, -0.2) is 46.9 Å². The van der Waals surface area contributed by atoms with E-state index in [1.807, 2.05) is 10.9 Å². The Balaban J connectivity index is 1.72. The van der Waals surface area contributed by atoms with Crippen molar-refractivity contribution in [2.75, 3.05) is 31.5 Å². The normalized spacial score (nSPS) is 15.1. The summed E-state index contributed by atoms with van der Waals surface area (Å²) in [4.78, 5) is 14.0. The van der Waals surface area contributed by atoms with E-state index in [-0.39, 0.29) is 6.03 Å². The number of piperidine rings is 1. The summed E-state index contributed by atoms with van der Waals surface area (Å²) in [6, 6.07) is -0.256. The number of anilines is 1. The Kier molecular flexibility index (Phi) is 6.10. The molecule has 2 amide bonds. The summed E-state index contributed by atoms with van der Waals surface area (Å²) in [5.41, 5.74) is 0.704. The molecule has 2 rings (SSSR count). The van der Waals surface area contributed by atoms with E-state index in [9.17, 15) is 4.79 Å². The lowest BCUT2D eigenvalue weighted by atomic mass is 10.1. The number of urea groups is 1. The predicted molar refractivity (Wildman–Crippen MR) is 83.0 cm³/mol. The molecule has 0 unspecified atom stereocenters. The van der Waals surface area contributed by atoms with Crippen molar-refractivity contribution in [3.63, 3.8) is 0 Å². The molecule has 0 aliphatic carbocycles. The lowest BCUT2D eigenvalue weighted by molar-refractivity contribution is 0.218. The van der Waals surface area contributed by atoms with Crippen molar-refractivity contribution in [3.05, 3.63) is 12.4 Å². The summed E-state index contributed by atoms with van der Waals surface area (Å²) in [6.45, 7) is 6.34. The van der Waals surface area contributed by atoms with Crippen molar-refractivity contribution in [3.8, 4) is 11.8 Å². The van der Waals surface area contributed by atoms with Crippen LogP contribution in [0.25, 0.3) is 0 Å². The minimum absolute atomic E-state index is 0.256. The summed E-state index contributed by atoms with van der Waals surface area (Å²) >= 11 is 0. The fourth-order valence-corrected chi connectivity index (χ4v) is 2.37. The van der Waals surface area contributed by atoms with Gasteiger partial charge in [-0.25, -0.2) is 4.79 Å². The molecule has 6 nitrogen and oxygen atoms in total. The molecule has 0 saturated carbocycles. The SMILES string of the molecule is CC#CCNC(=O)Nc1cnn(CCN2CCCCC2)c1. The Morgan fingerprint density at radius 1 is 1.33 bits per heavy atom. The molecule has 1 aliphatic rings. The van der Waals surface area contributed by atoms with Gasteiger partial charge < -0.3 is 15.5 Å². The zero-order valence-corrected chi connectivity index (χ0v) is 12.6. The number of amides is 2. The van der Waals surface area contributed by atoms with E-state index in [2.05, 4.69) is 32.5 Å². The number of hydrogen-bond donors (Lipinski definition) is 2. The maximum Gasteiger partial charge on any atom is 0.320 e. The Bertz CT molecular complexity index is 508. The maximum atomic E-state index is 11.6. The van der Waals surface area contributed by atoms with Crippen molar-refractivity contribution in [1.82, 2.24) is 20.0 Å². The molecular formula is C15H23N5O. The van der Waals surface area contributed by atoms with E-state index < -0.39 is 0 Å². The third-order valence-electron chi connectivity index (χ3n) is 3.50. The molecular weight excluding hydrogens is 266 g/mol. The molecule has 1 aliphatic heterocycles. The van der Waals surface area contributed by atoms with Gasteiger partial charge in [0.25, 0.3) is 0 Å². The second kappa shape index (κ2) is 8.32. The molecule has 0 spiro atoms. The topological polar surface area (TPSA) is 62.2 Å². The molecule has 1 fully saturated rings. The van der Waals surface area contributed by atoms with E-state index >= 15 is 0 Å². The smallest absolute Gasteiger partial charge is 0.320 e. The first-order valence-corrected chi connectivity index (χ1v) is 7.47. The molecule has 1 aromatic rings. The standard InChI is InChI=1S/C15H23N5O/c1-2-3-7-16-15(21)18-14-12-17-20(13-14)11-10-19-8-5-4-6-9-19/h12-13H,4-11H2,1H3,(H2,16,18,21). The first-order valence-electron chi connectivity index (χ1n) is 7.47. The number of aromatic nitrogens is 2. The Hall–Kier alpha value is -2.00. The molecule has 21 heavy (non-hydrogen) atoms. The van der Waals surface area contributed by atoms with Crippen LogP contribution in [0.15, 0.2) is 12.4 Å². The van der Waals surface area contributed by atoms with Crippen molar-refractivity contribution >= 4 is 11.7 Å².